The first-order chi connectivity index (χ1) is 25.2. The van der Waals surface area contributed by atoms with Gasteiger partial charge in [-0.3, -0.25) is 0 Å². The molecule has 0 aliphatic rings. The minimum absolute atomic E-state index is 0.667. The van der Waals surface area contributed by atoms with E-state index in [0.717, 1.165) is 93.0 Å². The summed E-state index contributed by atoms with van der Waals surface area (Å²) in [5.74, 6) is 0.667. The van der Waals surface area contributed by atoms with Crippen molar-refractivity contribution < 1.29 is 4.42 Å². The molecule has 11 rings (SSSR count). The number of aromatic nitrogens is 3. The fourth-order valence-corrected chi connectivity index (χ4v) is 8.25. The van der Waals surface area contributed by atoms with Crippen LogP contribution < -0.4 is 0 Å². The molecular formula is C46H26ClN3O. The van der Waals surface area contributed by atoms with E-state index in [9.17, 15) is 0 Å². The minimum atomic E-state index is 0.667. The van der Waals surface area contributed by atoms with Crippen LogP contribution in [0.4, 0.5) is 0 Å². The molecule has 0 spiro atoms. The van der Waals surface area contributed by atoms with E-state index in [-0.39, 0.29) is 0 Å². The molecule has 3 aromatic heterocycles. The molecule has 0 aliphatic heterocycles. The second kappa shape index (κ2) is 10.8. The Balaban J connectivity index is 1.20. The lowest BCUT2D eigenvalue weighted by Gasteiger charge is -2.16. The topological polar surface area (TPSA) is 43.9 Å². The van der Waals surface area contributed by atoms with Gasteiger partial charge in [-0.2, -0.15) is 0 Å². The van der Waals surface area contributed by atoms with Crippen LogP contribution in [-0.2, 0) is 0 Å². The predicted molar refractivity (Wildman–Crippen MR) is 212 cm³/mol. The maximum absolute atomic E-state index is 6.77. The number of halogens is 1. The molecule has 0 bridgehead atoms. The van der Waals surface area contributed by atoms with Gasteiger partial charge < -0.3 is 8.98 Å². The first kappa shape index (κ1) is 28.4. The van der Waals surface area contributed by atoms with E-state index >= 15 is 0 Å². The second-order valence-corrected chi connectivity index (χ2v) is 13.5. The van der Waals surface area contributed by atoms with E-state index in [1.54, 1.807) is 0 Å². The lowest BCUT2D eigenvalue weighted by molar-refractivity contribution is 0.669. The average molecular weight is 672 g/mol. The zero-order valence-electron chi connectivity index (χ0n) is 27.1. The Hall–Kier alpha value is -6.49. The molecule has 238 valence electrons. The Morgan fingerprint density at radius 1 is 0.471 bits per heavy atom. The molecule has 0 atom stereocenters. The number of benzene rings is 8. The molecule has 0 N–H and O–H groups in total. The Labute approximate surface area is 296 Å². The number of hydrogen-bond donors (Lipinski definition) is 0. The third-order valence-electron chi connectivity index (χ3n) is 10.3. The molecule has 0 fully saturated rings. The molecule has 5 heteroatoms. The van der Waals surface area contributed by atoms with Gasteiger partial charge in [0, 0.05) is 53.9 Å². The summed E-state index contributed by atoms with van der Waals surface area (Å²) in [6.45, 7) is 0. The lowest BCUT2D eigenvalue weighted by atomic mass is 9.97. The average Bonchev–Trinajstić information content (AvgIpc) is 3.72. The van der Waals surface area contributed by atoms with Crippen LogP contribution >= 0.6 is 11.6 Å². The van der Waals surface area contributed by atoms with Gasteiger partial charge in [0.05, 0.1) is 27.9 Å². The highest BCUT2D eigenvalue weighted by Crippen LogP contribution is 2.42. The van der Waals surface area contributed by atoms with Crippen LogP contribution in [0.2, 0.25) is 5.02 Å². The number of para-hydroxylation sites is 3. The van der Waals surface area contributed by atoms with Gasteiger partial charge in [-0.05, 0) is 59.3 Å². The molecule has 0 aliphatic carbocycles. The fourth-order valence-electron chi connectivity index (χ4n) is 8.01. The zero-order chi connectivity index (χ0) is 33.6. The Morgan fingerprint density at radius 2 is 1.20 bits per heavy atom. The van der Waals surface area contributed by atoms with Crippen molar-refractivity contribution in [1.29, 1.82) is 0 Å². The largest absolute Gasteiger partial charge is 0.456 e. The van der Waals surface area contributed by atoms with Crippen molar-refractivity contribution >= 4 is 87.8 Å². The normalized spacial score (nSPS) is 12.0. The number of furan rings is 1. The maximum atomic E-state index is 6.77. The highest BCUT2D eigenvalue weighted by Gasteiger charge is 2.21. The Kier molecular flexibility index (Phi) is 5.98. The third kappa shape index (κ3) is 4.14. The summed E-state index contributed by atoms with van der Waals surface area (Å²) in [6, 6.07) is 54.9. The Bertz CT molecular complexity index is 3230. The summed E-state index contributed by atoms with van der Waals surface area (Å²) >= 11 is 6.77. The van der Waals surface area contributed by atoms with Crippen LogP contribution in [0.5, 0.6) is 0 Å². The van der Waals surface area contributed by atoms with Crippen molar-refractivity contribution in [2.24, 2.45) is 0 Å². The van der Waals surface area contributed by atoms with E-state index in [1.165, 1.54) is 10.8 Å². The molecule has 0 saturated carbocycles. The zero-order valence-corrected chi connectivity index (χ0v) is 27.9. The minimum Gasteiger partial charge on any atom is -0.456 e. The second-order valence-electron chi connectivity index (χ2n) is 13.1. The molecule has 11 aromatic rings. The van der Waals surface area contributed by atoms with Crippen molar-refractivity contribution in [3.05, 3.63) is 163 Å². The highest BCUT2D eigenvalue weighted by atomic mass is 35.5. The molecule has 0 saturated heterocycles. The van der Waals surface area contributed by atoms with Gasteiger partial charge in [0.25, 0.3) is 0 Å². The summed E-state index contributed by atoms with van der Waals surface area (Å²) in [4.78, 5) is 10.5. The highest BCUT2D eigenvalue weighted by molar-refractivity contribution is 6.36. The van der Waals surface area contributed by atoms with Crippen LogP contribution in [0.25, 0.3) is 105 Å². The SMILES string of the molecule is Clc1cccc2cc3c4ccccc4n(-c4ccc(-c5nc(-c6cccc7oc8ccccc8c67)nc6ccccc56)c5ccccc45)c3cc12. The van der Waals surface area contributed by atoms with Crippen molar-refractivity contribution in [3.8, 4) is 28.3 Å². The first-order valence-corrected chi connectivity index (χ1v) is 17.4. The van der Waals surface area contributed by atoms with Gasteiger partial charge in [-0.1, -0.05) is 121 Å². The van der Waals surface area contributed by atoms with Gasteiger partial charge >= 0.3 is 0 Å². The molecule has 3 heterocycles. The predicted octanol–water partition coefficient (Wildman–Crippen LogP) is 12.9. The number of rotatable bonds is 3. The van der Waals surface area contributed by atoms with Crippen molar-refractivity contribution in [2.75, 3.05) is 0 Å². The number of hydrogen-bond acceptors (Lipinski definition) is 3. The van der Waals surface area contributed by atoms with Crippen LogP contribution in [0.15, 0.2) is 162 Å². The van der Waals surface area contributed by atoms with E-state index < -0.39 is 0 Å². The fraction of sp³-hybridized carbons (Fsp3) is 0. The summed E-state index contributed by atoms with van der Waals surface area (Å²) in [5, 5.41) is 10.6. The van der Waals surface area contributed by atoms with Crippen molar-refractivity contribution in [2.45, 2.75) is 0 Å². The molecule has 4 nitrogen and oxygen atoms in total. The third-order valence-corrected chi connectivity index (χ3v) is 10.6. The molecule has 8 aromatic carbocycles. The molecular weight excluding hydrogens is 646 g/mol. The monoisotopic (exact) mass is 671 g/mol. The number of fused-ring (bicyclic) bond motifs is 9. The van der Waals surface area contributed by atoms with E-state index in [4.69, 9.17) is 26.0 Å². The standard InChI is InChI=1S/C46H26ClN3O/c47-37-18-9-11-27-25-36-30-14-4-7-20-39(30)50(41(36)26-35(27)37)40-24-23-31(28-12-1-2-13-29(28)40)45-32-15-3-6-19-38(32)48-46(49-45)34-17-10-22-43-44(34)33-16-5-8-21-42(33)51-43/h1-26H. The van der Waals surface area contributed by atoms with Crippen LogP contribution in [-0.4, -0.2) is 14.5 Å². The Morgan fingerprint density at radius 3 is 2.10 bits per heavy atom. The van der Waals surface area contributed by atoms with Crippen molar-refractivity contribution in [3.63, 3.8) is 0 Å². The maximum Gasteiger partial charge on any atom is 0.161 e. The van der Waals surface area contributed by atoms with Gasteiger partial charge in [0.1, 0.15) is 11.2 Å². The van der Waals surface area contributed by atoms with Crippen molar-refractivity contribution in [1.82, 2.24) is 14.5 Å². The van der Waals surface area contributed by atoms with Gasteiger partial charge in [0.2, 0.25) is 0 Å². The summed E-state index contributed by atoms with van der Waals surface area (Å²) in [7, 11) is 0. The molecule has 0 amide bonds. The molecule has 51 heavy (non-hydrogen) atoms. The van der Waals surface area contributed by atoms with E-state index in [1.807, 2.05) is 48.5 Å². The molecule has 0 radical (unpaired) electrons. The van der Waals surface area contributed by atoms with Crippen LogP contribution in [0.3, 0.4) is 0 Å². The van der Waals surface area contributed by atoms with E-state index in [0.29, 0.717) is 5.82 Å². The quantitative estimate of drug-likeness (QED) is 0.188. The van der Waals surface area contributed by atoms with Crippen LogP contribution in [0.1, 0.15) is 0 Å². The van der Waals surface area contributed by atoms with Gasteiger partial charge in [0.15, 0.2) is 5.82 Å². The van der Waals surface area contributed by atoms with Gasteiger partial charge in [-0.15, -0.1) is 0 Å². The number of nitrogens with zero attached hydrogens (tertiary/aromatic N) is 3. The van der Waals surface area contributed by atoms with Crippen LogP contribution in [0, 0.1) is 0 Å². The summed E-state index contributed by atoms with van der Waals surface area (Å²) < 4.78 is 8.63. The van der Waals surface area contributed by atoms with Gasteiger partial charge in [-0.25, -0.2) is 9.97 Å². The summed E-state index contributed by atoms with van der Waals surface area (Å²) in [6.07, 6.45) is 0. The van der Waals surface area contributed by atoms with E-state index in [2.05, 4.69) is 114 Å². The summed E-state index contributed by atoms with van der Waals surface area (Å²) in [5.41, 5.74) is 8.81. The first-order valence-electron chi connectivity index (χ1n) is 17.0. The lowest BCUT2D eigenvalue weighted by Crippen LogP contribution is -1.99. The molecule has 0 unspecified atom stereocenters. The smallest absolute Gasteiger partial charge is 0.161 e.